The highest BCUT2D eigenvalue weighted by Crippen LogP contribution is 2.36. The quantitative estimate of drug-likeness (QED) is 0.811. The third kappa shape index (κ3) is 3.12. The van der Waals surface area contributed by atoms with Crippen LogP contribution in [0.5, 0.6) is 23.0 Å². The van der Waals surface area contributed by atoms with Crippen molar-refractivity contribution in [1.82, 2.24) is 4.98 Å². The molecule has 5 nitrogen and oxygen atoms in total. The fraction of sp³-hybridized carbons (Fsp3) is 0.267. The van der Waals surface area contributed by atoms with Crippen LogP contribution in [0.1, 0.15) is 5.56 Å². The van der Waals surface area contributed by atoms with Crippen molar-refractivity contribution >= 4 is 0 Å². The molecule has 0 aliphatic heterocycles. The van der Waals surface area contributed by atoms with Gasteiger partial charge in [0, 0.05) is 0 Å². The Hall–Kier alpha value is -2.43. The molecule has 2 aromatic rings. The molecule has 2 rings (SSSR count). The molecule has 5 heteroatoms. The summed E-state index contributed by atoms with van der Waals surface area (Å²) in [6, 6.07) is 7.66. The predicted octanol–water partition coefficient (Wildman–Crippen LogP) is 2.69. The van der Waals surface area contributed by atoms with Gasteiger partial charge in [-0.05, 0) is 17.7 Å². The van der Waals surface area contributed by atoms with E-state index in [1.807, 2.05) is 24.3 Å². The molecule has 0 saturated carbocycles. The first-order valence-electron chi connectivity index (χ1n) is 6.10. The molecule has 0 spiro atoms. The third-order valence-corrected chi connectivity index (χ3v) is 2.81. The van der Waals surface area contributed by atoms with Crippen LogP contribution in [0.4, 0.5) is 0 Å². The first kappa shape index (κ1) is 14.0. The summed E-state index contributed by atoms with van der Waals surface area (Å²) in [4.78, 5) is 4.02. The second-order valence-corrected chi connectivity index (χ2v) is 4.01. The first-order valence-corrected chi connectivity index (χ1v) is 6.10. The van der Waals surface area contributed by atoms with E-state index in [2.05, 4.69) is 4.98 Å². The highest BCUT2D eigenvalue weighted by atomic mass is 16.5. The van der Waals surface area contributed by atoms with Gasteiger partial charge in [-0.25, -0.2) is 0 Å². The second kappa shape index (κ2) is 6.65. The number of hydrogen-bond donors (Lipinski definition) is 0. The van der Waals surface area contributed by atoms with E-state index in [0.717, 1.165) is 11.3 Å². The molecule has 0 aliphatic rings. The molecule has 1 aromatic carbocycles. The Kier molecular flexibility index (Phi) is 4.65. The van der Waals surface area contributed by atoms with Gasteiger partial charge in [-0.2, -0.15) is 0 Å². The number of methoxy groups -OCH3 is 3. The standard InChI is InChI=1S/C15H17NO4/c1-17-12-6-4-11(5-7-12)10-20-15-13(18-2)8-16-9-14(15)19-3/h4-9H,10H2,1-3H3. The molecule has 1 aromatic heterocycles. The van der Waals surface area contributed by atoms with Gasteiger partial charge in [-0.15, -0.1) is 0 Å². The number of pyridine rings is 1. The number of nitrogens with zero attached hydrogens (tertiary/aromatic N) is 1. The molecular weight excluding hydrogens is 258 g/mol. The molecule has 0 N–H and O–H groups in total. The van der Waals surface area contributed by atoms with E-state index < -0.39 is 0 Å². The van der Waals surface area contributed by atoms with Crippen LogP contribution in [0.25, 0.3) is 0 Å². The predicted molar refractivity (Wildman–Crippen MR) is 74.7 cm³/mol. The van der Waals surface area contributed by atoms with Crippen molar-refractivity contribution in [1.29, 1.82) is 0 Å². The van der Waals surface area contributed by atoms with Gasteiger partial charge in [0.1, 0.15) is 12.4 Å². The van der Waals surface area contributed by atoms with Crippen LogP contribution >= 0.6 is 0 Å². The van der Waals surface area contributed by atoms with Crippen molar-refractivity contribution < 1.29 is 18.9 Å². The van der Waals surface area contributed by atoms with Gasteiger partial charge in [0.2, 0.25) is 5.75 Å². The fourth-order valence-corrected chi connectivity index (χ4v) is 1.72. The minimum Gasteiger partial charge on any atom is -0.497 e. The molecular formula is C15H17NO4. The monoisotopic (exact) mass is 275 g/mol. The zero-order valence-electron chi connectivity index (χ0n) is 11.8. The Morgan fingerprint density at radius 3 is 1.95 bits per heavy atom. The van der Waals surface area contributed by atoms with Crippen LogP contribution in [0, 0.1) is 0 Å². The van der Waals surface area contributed by atoms with Crippen molar-refractivity contribution in [3.05, 3.63) is 42.2 Å². The van der Waals surface area contributed by atoms with Crippen molar-refractivity contribution in [2.75, 3.05) is 21.3 Å². The SMILES string of the molecule is COc1ccc(COc2c(OC)cncc2OC)cc1. The number of ether oxygens (including phenoxy) is 4. The number of hydrogen-bond acceptors (Lipinski definition) is 5. The van der Waals surface area contributed by atoms with Crippen LogP contribution in [0.15, 0.2) is 36.7 Å². The van der Waals surface area contributed by atoms with E-state index in [4.69, 9.17) is 18.9 Å². The lowest BCUT2D eigenvalue weighted by atomic mass is 10.2. The van der Waals surface area contributed by atoms with E-state index >= 15 is 0 Å². The summed E-state index contributed by atoms with van der Waals surface area (Å²) in [6.07, 6.45) is 3.18. The molecule has 0 bridgehead atoms. The van der Waals surface area contributed by atoms with Gasteiger partial charge in [-0.1, -0.05) is 12.1 Å². The van der Waals surface area contributed by atoms with Crippen LogP contribution in [-0.4, -0.2) is 26.3 Å². The minimum absolute atomic E-state index is 0.403. The highest BCUT2D eigenvalue weighted by Gasteiger charge is 2.12. The van der Waals surface area contributed by atoms with Gasteiger partial charge in [0.15, 0.2) is 11.5 Å². The van der Waals surface area contributed by atoms with Gasteiger partial charge in [0.05, 0.1) is 33.7 Å². The summed E-state index contributed by atoms with van der Waals surface area (Å²) < 4.78 is 21.3. The van der Waals surface area contributed by atoms with E-state index in [1.165, 1.54) is 0 Å². The average Bonchev–Trinajstić information content (AvgIpc) is 2.52. The lowest BCUT2D eigenvalue weighted by Gasteiger charge is -2.13. The molecule has 0 saturated heterocycles. The molecule has 106 valence electrons. The lowest BCUT2D eigenvalue weighted by molar-refractivity contribution is 0.264. The van der Waals surface area contributed by atoms with Crippen LogP contribution in [0.2, 0.25) is 0 Å². The van der Waals surface area contributed by atoms with E-state index in [-0.39, 0.29) is 0 Å². The Morgan fingerprint density at radius 1 is 0.850 bits per heavy atom. The fourth-order valence-electron chi connectivity index (χ4n) is 1.72. The number of aromatic nitrogens is 1. The largest absolute Gasteiger partial charge is 0.497 e. The lowest BCUT2D eigenvalue weighted by Crippen LogP contribution is -2.00. The molecule has 0 radical (unpaired) electrons. The van der Waals surface area contributed by atoms with Crippen LogP contribution in [0.3, 0.4) is 0 Å². The van der Waals surface area contributed by atoms with Crippen molar-refractivity contribution in [2.24, 2.45) is 0 Å². The average molecular weight is 275 g/mol. The zero-order chi connectivity index (χ0) is 14.4. The Morgan fingerprint density at radius 2 is 1.45 bits per heavy atom. The molecule has 0 unspecified atom stereocenters. The summed E-state index contributed by atoms with van der Waals surface area (Å²) in [5, 5.41) is 0. The molecule has 1 heterocycles. The van der Waals surface area contributed by atoms with Gasteiger partial charge in [-0.3, -0.25) is 4.98 Å². The van der Waals surface area contributed by atoms with Crippen molar-refractivity contribution in [2.45, 2.75) is 6.61 Å². The highest BCUT2D eigenvalue weighted by molar-refractivity contribution is 5.48. The van der Waals surface area contributed by atoms with Crippen molar-refractivity contribution in [3.8, 4) is 23.0 Å². The number of rotatable bonds is 6. The summed E-state index contributed by atoms with van der Waals surface area (Å²) in [7, 11) is 4.77. The topological polar surface area (TPSA) is 49.8 Å². The Labute approximate surface area is 118 Å². The Balaban J connectivity index is 2.13. The van der Waals surface area contributed by atoms with E-state index in [1.54, 1.807) is 33.7 Å². The van der Waals surface area contributed by atoms with Crippen LogP contribution in [-0.2, 0) is 6.61 Å². The summed E-state index contributed by atoms with van der Waals surface area (Å²) in [5.74, 6) is 2.43. The van der Waals surface area contributed by atoms with E-state index in [0.29, 0.717) is 23.9 Å². The summed E-state index contributed by atoms with van der Waals surface area (Å²) in [6.45, 7) is 0.403. The number of benzene rings is 1. The maximum Gasteiger partial charge on any atom is 0.207 e. The normalized spacial score (nSPS) is 9.95. The molecule has 0 aliphatic carbocycles. The molecule has 0 fully saturated rings. The van der Waals surface area contributed by atoms with Crippen molar-refractivity contribution in [3.63, 3.8) is 0 Å². The molecule has 0 amide bonds. The van der Waals surface area contributed by atoms with E-state index in [9.17, 15) is 0 Å². The molecule has 0 atom stereocenters. The molecule has 20 heavy (non-hydrogen) atoms. The van der Waals surface area contributed by atoms with Crippen LogP contribution < -0.4 is 18.9 Å². The van der Waals surface area contributed by atoms with Gasteiger partial charge < -0.3 is 18.9 Å². The summed E-state index contributed by atoms with van der Waals surface area (Å²) in [5.41, 5.74) is 1.02. The zero-order valence-corrected chi connectivity index (χ0v) is 11.8. The Bertz CT molecular complexity index is 532. The second-order valence-electron chi connectivity index (χ2n) is 4.01. The third-order valence-electron chi connectivity index (χ3n) is 2.81. The maximum absolute atomic E-state index is 5.78. The smallest absolute Gasteiger partial charge is 0.207 e. The first-order chi connectivity index (χ1) is 9.78. The minimum atomic E-state index is 0.403. The summed E-state index contributed by atoms with van der Waals surface area (Å²) >= 11 is 0. The van der Waals surface area contributed by atoms with Gasteiger partial charge in [0.25, 0.3) is 0 Å². The maximum atomic E-state index is 5.78. The van der Waals surface area contributed by atoms with Gasteiger partial charge >= 0.3 is 0 Å².